The smallest absolute Gasteiger partial charge is 0.312 e. The van der Waals surface area contributed by atoms with Gasteiger partial charge >= 0.3 is 12.1 Å². The highest BCUT2D eigenvalue weighted by Crippen LogP contribution is 2.07. The van der Waals surface area contributed by atoms with Crippen molar-refractivity contribution in [3.8, 4) is 0 Å². The number of carbonyl (C=O) groups is 7. The summed E-state index contributed by atoms with van der Waals surface area (Å²) >= 11 is 3.77. The molecule has 0 saturated heterocycles. The first kappa shape index (κ1) is 28.4. The first-order valence-corrected chi connectivity index (χ1v) is 10.9. The number of nitrogens with two attached hydrogens (primary N) is 2. The van der Waals surface area contributed by atoms with Crippen LogP contribution in [0.3, 0.4) is 0 Å². The molecule has 8 N–H and O–H groups in total. The number of hydrogen-bond acceptors (Lipinski definition) is 7. The molecule has 14 nitrogen and oxygen atoms in total. The van der Waals surface area contributed by atoms with Gasteiger partial charge < -0.3 is 32.7 Å². The molecule has 2 atom stereocenters. The summed E-state index contributed by atoms with van der Waals surface area (Å²) in [5.41, 5.74) is 9.98. The third kappa shape index (κ3) is 10.8. The molecule has 0 spiro atoms. The Morgan fingerprint density at radius 2 is 1.35 bits per heavy atom. The number of primary amides is 2. The van der Waals surface area contributed by atoms with Crippen LogP contribution in [0.25, 0.3) is 0 Å². The second kappa shape index (κ2) is 14.5. The first-order valence-electron chi connectivity index (χ1n) is 10.4. The molecule has 1 aliphatic rings. The maximum Gasteiger partial charge on any atom is 0.312 e. The standard InChI is InChI=1S/C19H29N7O7S/c20-18(32)22-8-1-3-11(24-13(27)7-10-26-14(28)5-6-15(26)29)16(30)25-12(17(31)34)4-2-9-23-19(21)33/h5-6,11-12H,1-4,7-10H2,(H,24,27)(H,25,30)(H,31,34)(H3,20,22,32)(H3,21,23,33)/t11-,12-/m0/s1. The van der Waals surface area contributed by atoms with Crippen LogP contribution in [-0.2, 0) is 24.0 Å². The molecular formula is C19H29N7O7S. The van der Waals surface area contributed by atoms with Crippen molar-refractivity contribution in [1.29, 1.82) is 0 Å². The number of urea groups is 2. The highest BCUT2D eigenvalue weighted by molar-refractivity contribution is 7.96. The zero-order valence-electron chi connectivity index (χ0n) is 18.4. The lowest BCUT2D eigenvalue weighted by atomic mass is 10.1. The monoisotopic (exact) mass is 499 g/mol. The van der Waals surface area contributed by atoms with Crippen molar-refractivity contribution in [2.45, 2.75) is 44.2 Å². The van der Waals surface area contributed by atoms with Gasteiger partial charge in [0.1, 0.15) is 6.04 Å². The van der Waals surface area contributed by atoms with Gasteiger partial charge in [0.15, 0.2) is 0 Å². The average Bonchev–Trinajstić information content (AvgIpc) is 3.07. The summed E-state index contributed by atoms with van der Waals surface area (Å²) in [7, 11) is 0. The summed E-state index contributed by atoms with van der Waals surface area (Å²) < 4.78 is 0. The van der Waals surface area contributed by atoms with Gasteiger partial charge in [-0.2, -0.15) is 0 Å². The van der Waals surface area contributed by atoms with E-state index in [0.29, 0.717) is 6.42 Å². The lowest BCUT2D eigenvalue weighted by molar-refractivity contribution is -0.137. The summed E-state index contributed by atoms with van der Waals surface area (Å²) in [5.74, 6) is -2.34. The van der Waals surface area contributed by atoms with E-state index in [1.54, 1.807) is 0 Å². The van der Waals surface area contributed by atoms with Crippen LogP contribution < -0.4 is 32.7 Å². The normalized spacial score (nSPS) is 14.3. The van der Waals surface area contributed by atoms with Crippen LogP contribution in [0.4, 0.5) is 9.59 Å². The minimum absolute atomic E-state index is 0.0949. The van der Waals surface area contributed by atoms with E-state index in [1.165, 1.54) is 0 Å². The number of hydrogen-bond donors (Lipinski definition) is 7. The van der Waals surface area contributed by atoms with Crippen molar-refractivity contribution in [2.75, 3.05) is 19.6 Å². The van der Waals surface area contributed by atoms with E-state index in [9.17, 15) is 33.6 Å². The number of imide groups is 1. The van der Waals surface area contributed by atoms with Crippen molar-refractivity contribution >= 4 is 53.4 Å². The van der Waals surface area contributed by atoms with E-state index >= 15 is 0 Å². The lowest BCUT2D eigenvalue weighted by Gasteiger charge is -2.22. The molecule has 34 heavy (non-hydrogen) atoms. The van der Waals surface area contributed by atoms with Gasteiger partial charge in [-0.15, -0.1) is 12.6 Å². The SMILES string of the molecule is NC(=O)NCCC[C@H](NC(=O)[C@H](CCCNC(N)=O)NC(=O)CCN1C(=O)C=CC1=O)C(=O)S. The van der Waals surface area contributed by atoms with Crippen LogP contribution in [0.1, 0.15) is 32.1 Å². The van der Waals surface area contributed by atoms with Gasteiger partial charge in [-0.1, -0.05) is 0 Å². The number of nitrogens with zero attached hydrogens (tertiary/aromatic N) is 1. The molecule has 1 aliphatic heterocycles. The molecule has 0 aromatic carbocycles. The fraction of sp³-hybridized carbons (Fsp3) is 0.526. The van der Waals surface area contributed by atoms with Gasteiger partial charge in [0.25, 0.3) is 11.8 Å². The summed E-state index contributed by atoms with van der Waals surface area (Å²) in [4.78, 5) is 82.6. The lowest BCUT2D eigenvalue weighted by Crippen LogP contribution is -2.51. The van der Waals surface area contributed by atoms with Crippen LogP contribution >= 0.6 is 12.6 Å². The molecule has 0 aromatic heterocycles. The van der Waals surface area contributed by atoms with Gasteiger partial charge in [-0.05, 0) is 25.7 Å². The Labute approximate surface area is 201 Å². The number of amides is 8. The molecule has 188 valence electrons. The van der Waals surface area contributed by atoms with E-state index in [4.69, 9.17) is 11.5 Å². The summed E-state index contributed by atoms with van der Waals surface area (Å²) in [5, 5.41) is 9.12. The zero-order valence-corrected chi connectivity index (χ0v) is 19.3. The van der Waals surface area contributed by atoms with Gasteiger partial charge in [0.05, 0.1) is 6.04 Å². The molecule has 8 amide bonds. The third-order valence-electron chi connectivity index (χ3n) is 4.67. The molecule has 0 bridgehead atoms. The van der Waals surface area contributed by atoms with Crippen molar-refractivity contribution in [3.05, 3.63) is 12.2 Å². The van der Waals surface area contributed by atoms with Crippen LogP contribution in [0.15, 0.2) is 12.2 Å². The average molecular weight is 500 g/mol. The van der Waals surface area contributed by atoms with Gasteiger partial charge in [-0.3, -0.25) is 28.9 Å². The highest BCUT2D eigenvalue weighted by Gasteiger charge is 2.27. The van der Waals surface area contributed by atoms with Crippen molar-refractivity contribution in [3.63, 3.8) is 0 Å². The van der Waals surface area contributed by atoms with E-state index in [0.717, 1.165) is 17.1 Å². The van der Waals surface area contributed by atoms with Gasteiger partial charge in [0, 0.05) is 38.2 Å². The number of rotatable bonds is 15. The Kier molecular flexibility index (Phi) is 12.1. The van der Waals surface area contributed by atoms with E-state index in [1.807, 2.05) is 0 Å². The molecule has 0 aromatic rings. The molecule has 0 aliphatic carbocycles. The Hall–Kier alpha value is -3.62. The van der Waals surface area contributed by atoms with Crippen LogP contribution in [0.2, 0.25) is 0 Å². The van der Waals surface area contributed by atoms with Crippen LogP contribution in [-0.4, -0.2) is 77.4 Å². The van der Waals surface area contributed by atoms with E-state index in [2.05, 4.69) is 33.9 Å². The molecule has 0 unspecified atom stereocenters. The minimum atomic E-state index is -1.08. The summed E-state index contributed by atoms with van der Waals surface area (Å²) in [6, 6.07) is -3.54. The molecule has 0 saturated carbocycles. The fourth-order valence-electron chi connectivity index (χ4n) is 2.97. The molecule has 0 fully saturated rings. The largest absolute Gasteiger partial charge is 0.352 e. The van der Waals surface area contributed by atoms with Gasteiger partial charge in [0.2, 0.25) is 16.9 Å². The number of carbonyl (C=O) groups excluding carboxylic acids is 7. The van der Waals surface area contributed by atoms with E-state index in [-0.39, 0.29) is 45.3 Å². The van der Waals surface area contributed by atoms with Gasteiger partial charge in [-0.25, -0.2) is 9.59 Å². The second-order valence-corrected chi connectivity index (χ2v) is 7.74. The topological polar surface area (TPSA) is 223 Å². The van der Waals surface area contributed by atoms with Crippen molar-refractivity contribution in [2.24, 2.45) is 11.5 Å². The molecular weight excluding hydrogens is 470 g/mol. The molecule has 0 radical (unpaired) electrons. The van der Waals surface area contributed by atoms with Crippen LogP contribution in [0, 0.1) is 0 Å². The van der Waals surface area contributed by atoms with Crippen LogP contribution in [0.5, 0.6) is 0 Å². The van der Waals surface area contributed by atoms with Crippen molar-refractivity contribution < 1.29 is 33.6 Å². The first-order chi connectivity index (χ1) is 16.0. The maximum atomic E-state index is 12.8. The predicted molar refractivity (Wildman–Crippen MR) is 122 cm³/mol. The molecule has 1 rings (SSSR count). The highest BCUT2D eigenvalue weighted by atomic mass is 32.1. The van der Waals surface area contributed by atoms with Crippen molar-refractivity contribution in [1.82, 2.24) is 26.2 Å². The maximum absolute atomic E-state index is 12.8. The summed E-state index contributed by atoms with van der Waals surface area (Å²) in [6.45, 7) is 0.161. The molecule has 15 heteroatoms. The minimum Gasteiger partial charge on any atom is -0.352 e. The molecule has 1 heterocycles. The zero-order chi connectivity index (χ0) is 25.7. The fourth-order valence-corrected chi connectivity index (χ4v) is 3.16. The number of nitrogens with one attached hydrogen (secondary N) is 4. The Balaban J connectivity index is 2.70. The Morgan fingerprint density at radius 3 is 1.82 bits per heavy atom. The summed E-state index contributed by atoms with van der Waals surface area (Å²) in [6.07, 6.45) is 2.80. The third-order valence-corrected chi connectivity index (χ3v) is 4.98. The Morgan fingerprint density at radius 1 is 0.853 bits per heavy atom. The predicted octanol–water partition coefficient (Wildman–Crippen LogP) is -2.38. The quantitative estimate of drug-likeness (QED) is 0.0735. The Bertz CT molecular complexity index is 831. The second-order valence-electron chi connectivity index (χ2n) is 7.30. The number of thiol groups is 1. The van der Waals surface area contributed by atoms with E-state index < -0.39 is 52.9 Å².